The van der Waals surface area contributed by atoms with Crippen LogP contribution in [-0.2, 0) is 6.42 Å². The van der Waals surface area contributed by atoms with Crippen LogP contribution in [0, 0.1) is 10.1 Å². The molecule has 2 aromatic carbocycles. The fourth-order valence-electron chi connectivity index (χ4n) is 1.89. The minimum absolute atomic E-state index is 0.129. The first-order valence-electron chi connectivity index (χ1n) is 5.75. The van der Waals surface area contributed by atoms with E-state index in [2.05, 4.69) is 0 Å². The molecule has 0 spiro atoms. The van der Waals surface area contributed by atoms with E-state index in [9.17, 15) is 10.1 Å². The van der Waals surface area contributed by atoms with E-state index in [0.29, 0.717) is 12.1 Å². The smallest absolute Gasteiger partial charge is 0.277 e. The molecular formula is C14H14N2O2. The molecule has 2 N–H and O–H groups in total. The molecule has 2 aromatic rings. The first-order valence-corrected chi connectivity index (χ1v) is 5.75. The average Bonchev–Trinajstić information content (AvgIpc) is 2.40. The van der Waals surface area contributed by atoms with Gasteiger partial charge in [0.2, 0.25) is 0 Å². The predicted octanol–water partition coefficient (Wildman–Crippen LogP) is 2.76. The Labute approximate surface area is 105 Å². The SMILES string of the molecule is NCCc1ccc(-c2ccccc2[N+](=O)[O-])cc1. The maximum atomic E-state index is 11.0. The van der Waals surface area contributed by atoms with Gasteiger partial charge >= 0.3 is 0 Å². The predicted molar refractivity (Wildman–Crippen MR) is 71.3 cm³/mol. The number of nitrogens with two attached hydrogens (primary N) is 1. The summed E-state index contributed by atoms with van der Waals surface area (Å²) in [6.45, 7) is 0.602. The molecule has 0 aromatic heterocycles. The van der Waals surface area contributed by atoms with E-state index in [1.165, 1.54) is 6.07 Å². The molecule has 2 rings (SSSR count). The van der Waals surface area contributed by atoms with Gasteiger partial charge in [-0.25, -0.2) is 0 Å². The van der Waals surface area contributed by atoms with E-state index in [0.717, 1.165) is 17.5 Å². The van der Waals surface area contributed by atoms with E-state index in [1.807, 2.05) is 24.3 Å². The van der Waals surface area contributed by atoms with Crippen LogP contribution in [0.15, 0.2) is 48.5 Å². The molecule has 0 heterocycles. The van der Waals surface area contributed by atoms with Gasteiger partial charge in [0.25, 0.3) is 5.69 Å². The van der Waals surface area contributed by atoms with Crippen LogP contribution in [0.2, 0.25) is 0 Å². The van der Waals surface area contributed by atoms with Crippen LogP contribution in [0.1, 0.15) is 5.56 Å². The van der Waals surface area contributed by atoms with Gasteiger partial charge in [-0.2, -0.15) is 0 Å². The molecule has 0 radical (unpaired) electrons. The summed E-state index contributed by atoms with van der Waals surface area (Å²) in [4.78, 5) is 10.6. The standard InChI is InChI=1S/C14H14N2O2/c15-10-9-11-5-7-12(8-6-11)13-3-1-2-4-14(13)16(17)18/h1-8H,9-10,15H2. The second-order valence-electron chi connectivity index (χ2n) is 4.01. The first-order chi connectivity index (χ1) is 8.72. The number of hydrogen-bond acceptors (Lipinski definition) is 3. The van der Waals surface area contributed by atoms with Crippen molar-refractivity contribution in [3.05, 3.63) is 64.2 Å². The number of benzene rings is 2. The summed E-state index contributed by atoms with van der Waals surface area (Å²) in [5, 5.41) is 11.0. The van der Waals surface area contributed by atoms with E-state index in [1.54, 1.807) is 18.2 Å². The molecule has 0 unspecified atom stereocenters. The van der Waals surface area contributed by atoms with Gasteiger partial charge in [0.15, 0.2) is 0 Å². The van der Waals surface area contributed by atoms with Crippen molar-refractivity contribution < 1.29 is 4.92 Å². The largest absolute Gasteiger partial charge is 0.330 e. The molecule has 0 saturated heterocycles. The molecule has 4 nitrogen and oxygen atoms in total. The van der Waals surface area contributed by atoms with Crippen molar-refractivity contribution in [3.63, 3.8) is 0 Å². The van der Waals surface area contributed by atoms with Gasteiger partial charge < -0.3 is 5.73 Å². The summed E-state index contributed by atoms with van der Waals surface area (Å²) >= 11 is 0. The van der Waals surface area contributed by atoms with E-state index >= 15 is 0 Å². The van der Waals surface area contributed by atoms with Gasteiger partial charge in [-0.3, -0.25) is 10.1 Å². The Morgan fingerprint density at radius 1 is 1.06 bits per heavy atom. The Hall–Kier alpha value is -2.20. The second kappa shape index (κ2) is 5.42. The van der Waals surface area contributed by atoms with Crippen molar-refractivity contribution in [2.45, 2.75) is 6.42 Å². The lowest BCUT2D eigenvalue weighted by atomic mass is 10.0. The summed E-state index contributed by atoms with van der Waals surface area (Å²) in [6.07, 6.45) is 0.817. The van der Waals surface area contributed by atoms with Crippen molar-refractivity contribution in [1.82, 2.24) is 0 Å². The molecule has 18 heavy (non-hydrogen) atoms. The number of para-hydroxylation sites is 1. The number of rotatable bonds is 4. The minimum Gasteiger partial charge on any atom is -0.330 e. The number of nitro benzene ring substituents is 1. The molecule has 92 valence electrons. The fourth-order valence-corrected chi connectivity index (χ4v) is 1.89. The summed E-state index contributed by atoms with van der Waals surface area (Å²) in [5.41, 5.74) is 8.24. The van der Waals surface area contributed by atoms with Crippen molar-refractivity contribution in [1.29, 1.82) is 0 Å². The molecule has 0 aliphatic rings. The van der Waals surface area contributed by atoms with Crippen LogP contribution >= 0.6 is 0 Å². The normalized spacial score (nSPS) is 10.3. The first kappa shape index (κ1) is 12.3. The highest BCUT2D eigenvalue weighted by Gasteiger charge is 2.13. The average molecular weight is 242 g/mol. The molecule has 0 bridgehead atoms. The van der Waals surface area contributed by atoms with Gasteiger partial charge in [0.1, 0.15) is 0 Å². The second-order valence-corrected chi connectivity index (χ2v) is 4.01. The van der Waals surface area contributed by atoms with Gasteiger partial charge in [0, 0.05) is 6.07 Å². The lowest BCUT2D eigenvalue weighted by Crippen LogP contribution is -2.02. The van der Waals surface area contributed by atoms with Crippen LogP contribution in [0.3, 0.4) is 0 Å². The van der Waals surface area contributed by atoms with E-state index < -0.39 is 0 Å². The van der Waals surface area contributed by atoms with Gasteiger partial charge in [0.05, 0.1) is 10.5 Å². The maximum Gasteiger partial charge on any atom is 0.277 e. The van der Waals surface area contributed by atoms with Crippen molar-refractivity contribution in [2.75, 3.05) is 6.54 Å². The van der Waals surface area contributed by atoms with Crippen LogP contribution in [0.4, 0.5) is 5.69 Å². The third-order valence-electron chi connectivity index (χ3n) is 2.80. The van der Waals surface area contributed by atoms with E-state index in [4.69, 9.17) is 5.73 Å². The fraction of sp³-hybridized carbons (Fsp3) is 0.143. The van der Waals surface area contributed by atoms with Crippen molar-refractivity contribution >= 4 is 5.69 Å². The topological polar surface area (TPSA) is 69.2 Å². The van der Waals surface area contributed by atoms with Crippen LogP contribution in [-0.4, -0.2) is 11.5 Å². The van der Waals surface area contributed by atoms with Gasteiger partial charge in [-0.15, -0.1) is 0 Å². The third kappa shape index (κ3) is 2.55. The lowest BCUT2D eigenvalue weighted by molar-refractivity contribution is -0.384. The Morgan fingerprint density at radius 2 is 1.72 bits per heavy atom. The number of nitrogens with zero attached hydrogens (tertiary/aromatic N) is 1. The third-order valence-corrected chi connectivity index (χ3v) is 2.80. The summed E-state index contributed by atoms with van der Waals surface area (Å²) < 4.78 is 0. The Kier molecular flexibility index (Phi) is 3.69. The van der Waals surface area contributed by atoms with Crippen LogP contribution in [0.25, 0.3) is 11.1 Å². The zero-order chi connectivity index (χ0) is 13.0. The summed E-state index contributed by atoms with van der Waals surface area (Å²) in [5.74, 6) is 0. The molecule has 0 amide bonds. The van der Waals surface area contributed by atoms with E-state index in [-0.39, 0.29) is 10.6 Å². The van der Waals surface area contributed by atoms with Gasteiger partial charge in [-0.05, 0) is 30.2 Å². The zero-order valence-corrected chi connectivity index (χ0v) is 9.87. The zero-order valence-electron chi connectivity index (χ0n) is 9.87. The van der Waals surface area contributed by atoms with Crippen molar-refractivity contribution in [2.24, 2.45) is 5.73 Å². The Balaban J connectivity index is 2.39. The summed E-state index contributed by atoms with van der Waals surface area (Å²) in [6, 6.07) is 14.5. The Bertz CT molecular complexity index is 550. The quantitative estimate of drug-likeness (QED) is 0.662. The molecule has 0 saturated carbocycles. The number of nitro groups is 1. The molecule has 0 atom stereocenters. The highest BCUT2D eigenvalue weighted by molar-refractivity contribution is 5.73. The minimum atomic E-state index is -0.358. The van der Waals surface area contributed by atoms with Crippen molar-refractivity contribution in [3.8, 4) is 11.1 Å². The lowest BCUT2D eigenvalue weighted by Gasteiger charge is -2.04. The molecule has 0 aliphatic heterocycles. The molecular weight excluding hydrogens is 228 g/mol. The highest BCUT2D eigenvalue weighted by Crippen LogP contribution is 2.29. The van der Waals surface area contributed by atoms with Crippen LogP contribution < -0.4 is 5.73 Å². The molecule has 0 fully saturated rings. The number of hydrogen-bond donors (Lipinski definition) is 1. The highest BCUT2D eigenvalue weighted by atomic mass is 16.6. The Morgan fingerprint density at radius 3 is 2.33 bits per heavy atom. The molecule has 4 heteroatoms. The monoisotopic (exact) mass is 242 g/mol. The molecule has 0 aliphatic carbocycles. The van der Waals surface area contributed by atoms with Gasteiger partial charge in [-0.1, -0.05) is 36.4 Å². The maximum absolute atomic E-state index is 11.0. The van der Waals surface area contributed by atoms with Crippen LogP contribution in [0.5, 0.6) is 0 Å². The summed E-state index contributed by atoms with van der Waals surface area (Å²) in [7, 11) is 0.